The van der Waals surface area contributed by atoms with Gasteiger partial charge in [-0.15, -0.1) is 6.42 Å². The van der Waals surface area contributed by atoms with Gasteiger partial charge in [-0.3, -0.25) is 5.32 Å². The number of hydrogen-bond donors (Lipinski definition) is 2. The molecule has 0 aliphatic rings. The summed E-state index contributed by atoms with van der Waals surface area (Å²) in [6.07, 6.45) is 5.18. The van der Waals surface area contributed by atoms with Crippen molar-refractivity contribution >= 4 is 0 Å². The van der Waals surface area contributed by atoms with Crippen LogP contribution in [0.5, 0.6) is 0 Å². The Hall–Kier alpha value is -0.520. The van der Waals surface area contributed by atoms with Crippen LogP contribution >= 0.6 is 0 Å². The van der Waals surface area contributed by atoms with E-state index in [1.165, 1.54) is 0 Å². The van der Waals surface area contributed by atoms with Crippen LogP contribution in [-0.4, -0.2) is 23.8 Å². The smallest absolute Gasteiger partial charge is 0.0661 e. The molecule has 0 saturated carbocycles. The molecular weight excluding hydrogens is 138 g/mol. The molecule has 2 N–H and O–H groups in total. The van der Waals surface area contributed by atoms with Crippen molar-refractivity contribution in [2.24, 2.45) is 5.92 Å². The number of aliphatic hydroxyl groups excluding tert-OH is 1. The van der Waals surface area contributed by atoms with Crippen molar-refractivity contribution in [2.75, 3.05) is 6.61 Å². The van der Waals surface area contributed by atoms with Crippen molar-refractivity contribution in [3.05, 3.63) is 0 Å². The second-order valence-electron chi connectivity index (χ2n) is 3.09. The van der Waals surface area contributed by atoms with E-state index in [4.69, 9.17) is 11.5 Å². The number of terminal acetylenes is 1. The molecule has 11 heavy (non-hydrogen) atoms. The van der Waals surface area contributed by atoms with Gasteiger partial charge >= 0.3 is 0 Å². The fourth-order valence-electron chi connectivity index (χ4n) is 0.825. The summed E-state index contributed by atoms with van der Waals surface area (Å²) < 4.78 is 0. The van der Waals surface area contributed by atoms with Gasteiger partial charge in [0.2, 0.25) is 0 Å². The molecule has 0 amide bonds. The Morgan fingerprint density at radius 2 is 2.00 bits per heavy atom. The molecule has 0 aromatic heterocycles. The highest BCUT2D eigenvalue weighted by Crippen LogP contribution is 2.00. The van der Waals surface area contributed by atoms with Crippen LogP contribution in [0.2, 0.25) is 0 Å². The quantitative estimate of drug-likeness (QED) is 0.583. The maximum absolute atomic E-state index is 8.91. The van der Waals surface area contributed by atoms with E-state index in [-0.39, 0.29) is 18.7 Å². The van der Waals surface area contributed by atoms with Crippen molar-refractivity contribution in [1.82, 2.24) is 5.32 Å². The Kier molecular flexibility index (Phi) is 4.93. The van der Waals surface area contributed by atoms with E-state index in [0.29, 0.717) is 5.92 Å². The Bertz CT molecular complexity index is 137. The zero-order chi connectivity index (χ0) is 8.85. The topological polar surface area (TPSA) is 32.3 Å². The molecule has 2 nitrogen and oxygen atoms in total. The summed E-state index contributed by atoms with van der Waals surface area (Å²) in [6, 6.07) is 0.149. The van der Waals surface area contributed by atoms with Crippen LogP contribution in [0, 0.1) is 18.3 Å². The minimum atomic E-state index is 0.0366. The molecule has 0 aliphatic heterocycles. The number of rotatable bonds is 4. The number of hydrogen-bond acceptors (Lipinski definition) is 2. The van der Waals surface area contributed by atoms with Crippen molar-refractivity contribution in [2.45, 2.75) is 32.9 Å². The third-order valence-electron chi connectivity index (χ3n) is 1.72. The van der Waals surface area contributed by atoms with E-state index in [1.54, 1.807) is 0 Å². The molecular formula is C9H17NO. The first-order valence-corrected chi connectivity index (χ1v) is 3.94. The van der Waals surface area contributed by atoms with Gasteiger partial charge in [-0.1, -0.05) is 19.8 Å². The molecule has 1 unspecified atom stereocenters. The van der Waals surface area contributed by atoms with E-state index in [0.717, 1.165) is 0 Å². The second-order valence-corrected chi connectivity index (χ2v) is 3.09. The average molecular weight is 155 g/mol. The van der Waals surface area contributed by atoms with Gasteiger partial charge < -0.3 is 5.11 Å². The summed E-state index contributed by atoms with van der Waals surface area (Å²) in [5.41, 5.74) is 0. The summed E-state index contributed by atoms with van der Waals surface area (Å²) >= 11 is 0. The molecule has 64 valence electrons. The van der Waals surface area contributed by atoms with Crippen LogP contribution in [0.25, 0.3) is 0 Å². The maximum atomic E-state index is 8.91. The van der Waals surface area contributed by atoms with Crippen LogP contribution in [0.15, 0.2) is 0 Å². The Balaban J connectivity index is 3.80. The second kappa shape index (κ2) is 5.17. The van der Waals surface area contributed by atoms with Crippen LogP contribution in [0.1, 0.15) is 20.8 Å². The van der Waals surface area contributed by atoms with Gasteiger partial charge in [0.25, 0.3) is 0 Å². The molecule has 0 rings (SSSR count). The number of aliphatic hydroxyl groups is 1. The summed E-state index contributed by atoms with van der Waals surface area (Å²) in [5.74, 6) is 2.98. The normalized spacial score (nSPS) is 16.0. The number of nitrogens with one attached hydrogen (secondary N) is 1. The van der Waals surface area contributed by atoms with E-state index in [9.17, 15) is 0 Å². The third kappa shape index (κ3) is 4.02. The largest absolute Gasteiger partial charge is 0.395 e. The molecule has 0 bridgehead atoms. The summed E-state index contributed by atoms with van der Waals surface area (Å²) in [5, 5.41) is 12.0. The van der Waals surface area contributed by atoms with Crippen LogP contribution in [0.4, 0.5) is 0 Å². The zero-order valence-electron chi connectivity index (χ0n) is 7.46. The molecule has 0 fully saturated rings. The van der Waals surface area contributed by atoms with Crippen molar-refractivity contribution in [3.8, 4) is 12.3 Å². The lowest BCUT2D eigenvalue weighted by molar-refractivity contribution is 0.207. The zero-order valence-corrected chi connectivity index (χ0v) is 7.46. The first kappa shape index (κ1) is 10.5. The molecule has 2 heteroatoms. The first-order valence-electron chi connectivity index (χ1n) is 3.94. The first-order chi connectivity index (χ1) is 5.11. The predicted octanol–water partition coefficient (Wildman–Crippen LogP) is 0.615. The van der Waals surface area contributed by atoms with Gasteiger partial charge in [0.15, 0.2) is 0 Å². The van der Waals surface area contributed by atoms with Gasteiger partial charge in [-0.25, -0.2) is 0 Å². The molecule has 0 radical (unpaired) electrons. The van der Waals surface area contributed by atoms with Crippen molar-refractivity contribution in [1.29, 1.82) is 0 Å². The van der Waals surface area contributed by atoms with E-state index in [2.05, 4.69) is 25.1 Å². The summed E-state index contributed by atoms with van der Waals surface area (Å²) in [4.78, 5) is 0. The molecule has 0 aromatic rings. The monoisotopic (exact) mass is 155 g/mol. The molecule has 0 aliphatic carbocycles. The highest BCUT2D eigenvalue weighted by molar-refractivity contribution is 4.97. The van der Waals surface area contributed by atoms with Gasteiger partial charge in [0.05, 0.1) is 12.6 Å². The fourth-order valence-corrected chi connectivity index (χ4v) is 0.825. The minimum absolute atomic E-state index is 0.0366. The van der Waals surface area contributed by atoms with Gasteiger partial charge in [0.1, 0.15) is 0 Å². The van der Waals surface area contributed by atoms with Crippen LogP contribution in [-0.2, 0) is 0 Å². The minimum Gasteiger partial charge on any atom is -0.395 e. The van der Waals surface area contributed by atoms with E-state index >= 15 is 0 Å². The Labute approximate surface area is 69.0 Å². The third-order valence-corrected chi connectivity index (χ3v) is 1.72. The lowest BCUT2D eigenvalue weighted by atomic mass is 10.0. The van der Waals surface area contributed by atoms with Crippen LogP contribution < -0.4 is 5.32 Å². The summed E-state index contributed by atoms with van der Waals surface area (Å²) in [6.45, 7) is 6.16. The molecule has 0 saturated heterocycles. The van der Waals surface area contributed by atoms with Crippen molar-refractivity contribution < 1.29 is 5.11 Å². The van der Waals surface area contributed by atoms with Gasteiger partial charge in [-0.05, 0) is 12.8 Å². The highest BCUT2D eigenvalue weighted by atomic mass is 16.3. The molecule has 2 atom stereocenters. The molecule has 0 heterocycles. The van der Waals surface area contributed by atoms with Crippen LogP contribution in [0.3, 0.4) is 0 Å². The predicted molar refractivity (Wildman–Crippen MR) is 47.1 cm³/mol. The van der Waals surface area contributed by atoms with Gasteiger partial charge in [-0.2, -0.15) is 0 Å². The van der Waals surface area contributed by atoms with E-state index in [1.807, 2.05) is 6.92 Å². The lowest BCUT2D eigenvalue weighted by Crippen LogP contribution is -2.41. The molecule has 0 spiro atoms. The Morgan fingerprint density at radius 3 is 2.27 bits per heavy atom. The fraction of sp³-hybridized carbons (Fsp3) is 0.778. The standard InChI is InChI=1S/C9H17NO/c1-5-8(4)10-9(6-11)7(2)3/h1,7-11H,6H2,2-4H3/t8?,9-/m1/s1. The Morgan fingerprint density at radius 1 is 1.45 bits per heavy atom. The maximum Gasteiger partial charge on any atom is 0.0661 e. The highest BCUT2D eigenvalue weighted by Gasteiger charge is 2.12. The van der Waals surface area contributed by atoms with E-state index < -0.39 is 0 Å². The van der Waals surface area contributed by atoms with Gasteiger partial charge in [0, 0.05) is 6.04 Å². The average Bonchev–Trinajstić information content (AvgIpc) is 1.99. The summed E-state index contributed by atoms with van der Waals surface area (Å²) in [7, 11) is 0. The SMILES string of the molecule is C#CC(C)N[C@H](CO)C(C)C. The van der Waals surface area contributed by atoms with Crippen molar-refractivity contribution in [3.63, 3.8) is 0 Å². The molecule has 0 aromatic carbocycles. The lowest BCUT2D eigenvalue weighted by Gasteiger charge is -2.21.